The number of nitrogens with one attached hydrogen (secondary N) is 1. The molecular weight excluding hydrogens is 328 g/mol. The van der Waals surface area contributed by atoms with Gasteiger partial charge >= 0.3 is 0 Å². The van der Waals surface area contributed by atoms with Crippen LogP contribution in [-0.4, -0.2) is 16.6 Å². The first kappa shape index (κ1) is 15.8. The van der Waals surface area contributed by atoms with Crippen LogP contribution in [0.2, 0.25) is 0 Å². The second kappa shape index (κ2) is 6.30. The van der Waals surface area contributed by atoms with Gasteiger partial charge in [0.25, 0.3) is 5.91 Å². The molecule has 3 aromatic rings. The maximum absolute atomic E-state index is 12.5. The summed E-state index contributed by atoms with van der Waals surface area (Å²) in [7, 11) is 0. The summed E-state index contributed by atoms with van der Waals surface area (Å²) < 4.78 is 5.45. The number of nitrogens with zero attached hydrogens (tertiary/aromatic N) is 3. The highest BCUT2D eigenvalue weighted by Crippen LogP contribution is 2.26. The van der Waals surface area contributed by atoms with E-state index in [1.165, 1.54) is 6.20 Å². The first-order valence-electron chi connectivity index (χ1n) is 8.05. The molecule has 1 aliphatic rings. The van der Waals surface area contributed by atoms with Gasteiger partial charge in [-0.05, 0) is 48.4 Å². The van der Waals surface area contributed by atoms with E-state index in [0.717, 1.165) is 16.8 Å². The van der Waals surface area contributed by atoms with Gasteiger partial charge in [-0.2, -0.15) is 5.26 Å². The smallest absolute Gasteiger partial charge is 0.274 e. The fourth-order valence-electron chi connectivity index (χ4n) is 2.95. The molecule has 26 heavy (non-hydrogen) atoms. The Kier molecular flexibility index (Phi) is 3.82. The summed E-state index contributed by atoms with van der Waals surface area (Å²) in [5, 5.41) is 11.8. The van der Waals surface area contributed by atoms with Crippen LogP contribution >= 0.6 is 0 Å². The Morgan fingerprint density at radius 1 is 1.31 bits per heavy atom. The number of fused-ring (bicyclic) bond motifs is 1. The topological polar surface area (TPSA) is 91.3 Å². The normalized spacial score (nSPS) is 12.2. The number of aliphatic imine (C=N–C) groups is 1. The lowest BCUT2D eigenvalue weighted by molar-refractivity contribution is 0.102. The van der Waals surface area contributed by atoms with E-state index in [9.17, 15) is 4.79 Å². The number of carbonyl (C=O) groups is 1. The lowest BCUT2D eigenvalue weighted by Crippen LogP contribution is -2.16. The molecule has 1 amide bonds. The molecule has 0 aliphatic carbocycles. The third-order valence-corrected chi connectivity index (χ3v) is 4.21. The van der Waals surface area contributed by atoms with Crippen LogP contribution in [0.3, 0.4) is 0 Å². The van der Waals surface area contributed by atoms with Crippen molar-refractivity contribution in [2.75, 3.05) is 5.32 Å². The number of rotatable bonds is 3. The zero-order valence-electron chi connectivity index (χ0n) is 14.0. The van der Waals surface area contributed by atoms with Crippen molar-refractivity contribution in [3.05, 3.63) is 82.6 Å². The fraction of sp³-hybridized carbons (Fsp3) is 0.100. The molecule has 1 aliphatic heterocycles. The highest BCUT2D eigenvalue weighted by Gasteiger charge is 2.20. The Bertz CT molecular complexity index is 1080. The van der Waals surface area contributed by atoms with Gasteiger partial charge in [0.05, 0.1) is 18.4 Å². The number of pyridine rings is 1. The highest BCUT2D eigenvalue weighted by molar-refractivity contribution is 6.14. The lowest BCUT2D eigenvalue weighted by atomic mass is 10.0. The molecule has 126 valence electrons. The molecule has 0 saturated carbocycles. The molecule has 1 aromatic carbocycles. The van der Waals surface area contributed by atoms with Crippen molar-refractivity contribution in [3.8, 4) is 6.07 Å². The first-order valence-corrected chi connectivity index (χ1v) is 8.05. The Balaban J connectivity index is 1.61. The number of aromatic nitrogens is 1. The van der Waals surface area contributed by atoms with Crippen LogP contribution in [-0.2, 0) is 6.54 Å². The monoisotopic (exact) mass is 342 g/mol. The van der Waals surface area contributed by atoms with Crippen LogP contribution < -0.4 is 5.32 Å². The van der Waals surface area contributed by atoms with Crippen LogP contribution in [0.1, 0.15) is 38.5 Å². The number of benzene rings is 1. The Hall–Kier alpha value is -3.72. The van der Waals surface area contributed by atoms with Crippen molar-refractivity contribution in [2.24, 2.45) is 4.99 Å². The van der Waals surface area contributed by atoms with Crippen LogP contribution in [0, 0.1) is 18.3 Å². The molecular formula is C20H14N4O2. The Morgan fingerprint density at radius 2 is 2.19 bits per heavy atom. The molecule has 0 radical (unpaired) electrons. The van der Waals surface area contributed by atoms with E-state index in [1.54, 1.807) is 19.3 Å². The molecule has 2 aromatic heterocycles. The van der Waals surface area contributed by atoms with Crippen LogP contribution in [0.5, 0.6) is 0 Å². The number of hydrogen-bond acceptors (Lipinski definition) is 5. The van der Waals surface area contributed by atoms with Gasteiger partial charge in [0.15, 0.2) is 5.76 Å². The predicted molar refractivity (Wildman–Crippen MR) is 96.1 cm³/mol. The number of aryl methyl sites for hydroxylation is 1. The summed E-state index contributed by atoms with van der Waals surface area (Å²) in [6.45, 7) is 2.35. The molecule has 0 bridgehead atoms. The maximum atomic E-state index is 12.5. The Labute approximate surface area is 149 Å². The minimum absolute atomic E-state index is 0.296. The molecule has 0 atom stereocenters. The average molecular weight is 342 g/mol. The SMILES string of the molecule is Cc1cc(C#N)cnc1C(=O)Nc1ccc2c(c1)C(c1ccco1)=NC2. The van der Waals surface area contributed by atoms with Gasteiger partial charge in [-0.1, -0.05) is 6.07 Å². The third-order valence-electron chi connectivity index (χ3n) is 4.21. The standard InChI is InChI=1S/C20H14N4O2/c1-12-7-13(9-21)10-22-18(12)20(25)24-15-5-4-14-11-23-19(16(14)8-15)17-3-2-6-26-17/h2-8,10H,11H2,1H3,(H,24,25). The summed E-state index contributed by atoms with van der Waals surface area (Å²) >= 11 is 0. The Morgan fingerprint density at radius 3 is 2.92 bits per heavy atom. The van der Waals surface area contributed by atoms with Gasteiger partial charge in [0.2, 0.25) is 0 Å². The van der Waals surface area contributed by atoms with E-state index >= 15 is 0 Å². The zero-order valence-corrected chi connectivity index (χ0v) is 14.0. The molecule has 4 rings (SSSR count). The van der Waals surface area contributed by atoms with Gasteiger partial charge in [0.1, 0.15) is 17.5 Å². The number of furan rings is 1. The zero-order chi connectivity index (χ0) is 18.1. The van der Waals surface area contributed by atoms with E-state index in [0.29, 0.717) is 34.8 Å². The summed E-state index contributed by atoms with van der Waals surface area (Å²) in [5.41, 5.74) is 4.85. The van der Waals surface area contributed by atoms with E-state index < -0.39 is 0 Å². The van der Waals surface area contributed by atoms with Crippen molar-refractivity contribution in [2.45, 2.75) is 13.5 Å². The summed E-state index contributed by atoms with van der Waals surface area (Å²) in [5.74, 6) is 0.387. The molecule has 6 nitrogen and oxygen atoms in total. The predicted octanol–water partition coefficient (Wildman–Crippen LogP) is 3.46. The van der Waals surface area contributed by atoms with Crippen LogP contribution in [0.25, 0.3) is 0 Å². The highest BCUT2D eigenvalue weighted by atomic mass is 16.3. The third kappa shape index (κ3) is 2.76. The summed E-state index contributed by atoms with van der Waals surface area (Å²) in [6.07, 6.45) is 3.01. The van der Waals surface area contributed by atoms with Crippen molar-refractivity contribution in [1.29, 1.82) is 5.26 Å². The van der Waals surface area contributed by atoms with Gasteiger partial charge < -0.3 is 9.73 Å². The number of amides is 1. The summed E-state index contributed by atoms with van der Waals surface area (Å²) in [4.78, 5) is 21.2. The van der Waals surface area contributed by atoms with Crippen LogP contribution in [0.15, 0.2) is 58.3 Å². The van der Waals surface area contributed by atoms with Crippen molar-refractivity contribution in [3.63, 3.8) is 0 Å². The van der Waals surface area contributed by atoms with Crippen molar-refractivity contribution < 1.29 is 9.21 Å². The number of hydrogen-bond donors (Lipinski definition) is 1. The number of carbonyl (C=O) groups excluding carboxylic acids is 1. The average Bonchev–Trinajstić information content (AvgIpc) is 3.30. The molecule has 1 N–H and O–H groups in total. The quantitative estimate of drug-likeness (QED) is 0.789. The van der Waals surface area contributed by atoms with Crippen molar-refractivity contribution in [1.82, 2.24) is 4.98 Å². The maximum Gasteiger partial charge on any atom is 0.274 e. The largest absolute Gasteiger partial charge is 0.463 e. The number of nitriles is 1. The van der Waals surface area contributed by atoms with E-state index in [2.05, 4.69) is 15.3 Å². The van der Waals surface area contributed by atoms with E-state index in [4.69, 9.17) is 9.68 Å². The first-order chi connectivity index (χ1) is 12.7. The molecule has 6 heteroatoms. The summed E-state index contributed by atoms with van der Waals surface area (Å²) in [6, 6.07) is 13.0. The van der Waals surface area contributed by atoms with Gasteiger partial charge in [-0.3, -0.25) is 9.79 Å². The van der Waals surface area contributed by atoms with Gasteiger partial charge in [0, 0.05) is 17.4 Å². The second-order valence-corrected chi connectivity index (χ2v) is 5.97. The van der Waals surface area contributed by atoms with Crippen molar-refractivity contribution >= 4 is 17.3 Å². The van der Waals surface area contributed by atoms with E-state index in [1.807, 2.05) is 36.4 Å². The van der Waals surface area contributed by atoms with E-state index in [-0.39, 0.29) is 5.91 Å². The fourth-order valence-corrected chi connectivity index (χ4v) is 2.95. The molecule has 0 saturated heterocycles. The minimum atomic E-state index is -0.318. The van der Waals surface area contributed by atoms with Crippen LogP contribution in [0.4, 0.5) is 5.69 Å². The molecule has 0 spiro atoms. The van der Waals surface area contributed by atoms with Gasteiger partial charge in [-0.15, -0.1) is 0 Å². The lowest BCUT2D eigenvalue weighted by Gasteiger charge is -2.09. The second-order valence-electron chi connectivity index (χ2n) is 5.97. The molecule has 0 fully saturated rings. The minimum Gasteiger partial charge on any atom is -0.463 e. The van der Waals surface area contributed by atoms with Gasteiger partial charge in [-0.25, -0.2) is 4.98 Å². The number of anilines is 1. The molecule has 0 unspecified atom stereocenters. The molecule has 3 heterocycles.